The Hall–Kier alpha value is -2.60. The lowest BCUT2D eigenvalue weighted by Gasteiger charge is -2.09. The van der Waals surface area contributed by atoms with Crippen LogP contribution in [0.4, 0.5) is 5.69 Å². The highest BCUT2D eigenvalue weighted by molar-refractivity contribution is 7.18. The fourth-order valence-electron chi connectivity index (χ4n) is 2.61. The van der Waals surface area contributed by atoms with Gasteiger partial charge in [0.25, 0.3) is 0 Å². The van der Waals surface area contributed by atoms with Gasteiger partial charge >= 0.3 is 0 Å². The first-order chi connectivity index (χ1) is 12.1. The second kappa shape index (κ2) is 7.53. The zero-order valence-corrected chi connectivity index (χ0v) is 15.3. The van der Waals surface area contributed by atoms with Crippen LogP contribution in [0.3, 0.4) is 0 Å². The van der Waals surface area contributed by atoms with Crippen LogP contribution in [0.1, 0.15) is 17.0 Å². The summed E-state index contributed by atoms with van der Waals surface area (Å²) in [7, 11) is 3.23. The molecule has 1 amide bonds. The van der Waals surface area contributed by atoms with E-state index in [1.165, 1.54) is 0 Å². The molecule has 0 bridgehead atoms. The summed E-state index contributed by atoms with van der Waals surface area (Å²) in [4.78, 5) is 16.7. The number of nitrogens with one attached hydrogen (secondary N) is 1. The van der Waals surface area contributed by atoms with Gasteiger partial charge in [0.2, 0.25) is 5.91 Å². The quantitative estimate of drug-likeness (QED) is 0.719. The molecule has 0 atom stereocenters. The molecule has 0 saturated heterocycles. The maximum Gasteiger partial charge on any atom is 0.224 e. The van der Waals surface area contributed by atoms with Gasteiger partial charge in [-0.05, 0) is 49.2 Å². The number of nitrogens with zero attached hydrogens (tertiary/aromatic N) is 1. The van der Waals surface area contributed by atoms with Crippen molar-refractivity contribution in [2.45, 2.75) is 19.8 Å². The number of aromatic nitrogens is 1. The Morgan fingerprint density at radius 1 is 1.12 bits per heavy atom. The van der Waals surface area contributed by atoms with Gasteiger partial charge in [-0.1, -0.05) is 0 Å². The normalized spacial score (nSPS) is 10.7. The monoisotopic (exact) mass is 356 g/mol. The Bertz CT molecular complexity index is 883. The number of ether oxygens (including phenoxy) is 2. The number of rotatable bonds is 6. The third-order valence-corrected chi connectivity index (χ3v) is 4.76. The average Bonchev–Trinajstić information content (AvgIpc) is 2.98. The van der Waals surface area contributed by atoms with Gasteiger partial charge in [-0.15, -0.1) is 11.3 Å². The standard InChI is InChI=1S/C19H20N2O3S/c1-12-20-17-6-5-14(10-18(17)25-12)21-19(22)7-4-13-8-15(23-2)11-16(9-13)24-3/h5-6,8-11H,4,7H2,1-3H3,(H,21,22). The molecule has 0 spiro atoms. The fraction of sp³-hybridized carbons (Fsp3) is 0.263. The molecular formula is C19H20N2O3S. The SMILES string of the molecule is COc1cc(CCC(=O)Nc2ccc3nc(C)sc3c2)cc(OC)c1. The lowest BCUT2D eigenvalue weighted by molar-refractivity contribution is -0.116. The van der Waals surface area contributed by atoms with Gasteiger partial charge in [-0.3, -0.25) is 4.79 Å². The Morgan fingerprint density at radius 3 is 2.52 bits per heavy atom. The lowest BCUT2D eigenvalue weighted by Crippen LogP contribution is -2.12. The van der Waals surface area contributed by atoms with E-state index in [4.69, 9.17) is 9.47 Å². The predicted molar refractivity (Wildman–Crippen MR) is 101 cm³/mol. The van der Waals surface area contributed by atoms with Crippen LogP contribution >= 0.6 is 11.3 Å². The van der Waals surface area contributed by atoms with Crippen LogP contribution in [0, 0.1) is 6.92 Å². The second-order valence-corrected chi connectivity index (χ2v) is 6.92. The molecule has 2 aromatic carbocycles. The lowest BCUT2D eigenvalue weighted by atomic mass is 10.1. The fourth-order valence-corrected chi connectivity index (χ4v) is 3.48. The van der Waals surface area contributed by atoms with Crippen LogP contribution in [0.25, 0.3) is 10.2 Å². The summed E-state index contributed by atoms with van der Waals surface area (Å²) in [6, 6.07) is 11.4. The summed E-state index contributed by atoms with van der Waals surface area (Å²) in [5.41, 5.74) is 2.76. The molecule has 0 unspecified atom stereocenters. The highest BCUT2D eigenvalue weighted by Gasteiger charge is 2.08. The first kappa shape index (κ1) is 17.2. The van der Waals surface area contributed by atoms with E-state index in [0.717, 1.165) is 38.0 Å². The number of anilines is 1. The molecule has 5 nitrogen and oxygen atoms in total. The summed E-state index contributed by atoms with van der Waals surface area (Å²) in [5.74, 6) is 1.42. The minimum atomic E-state index is -0.0256. The van der Waals surface area contributed by atoms with E-state index in [-0.39, 0.29) is 5.91 Å². The molecule has 1 aromatic heterocycles. The number of fused-ring (bicyclic) bond motifs is 1. The molecule has 0 radical (unpaired) electrons. The van der Waals surface area contributed by atoms with Crippen LogP contribution in [-0.4, -0.2) is 25.1 Å². The van der Waals surface area contributed by atoms with Gasteiger partial charge in [0, 0.05) is 18.2 Å². The van der Waals surface area contributed by atoms with Crippen LogP contribution < -0.4 is 14.8 Å². The van der Waals surface area contributed by atoms with E-state index in [2.05, 4.69) is 10.3 Å². The summed E-state index contributed by atoms with van der Waals surface area (Å²) >= 11 is 1.62. The van der Waals surface area contributed by atoms with E-state index >= 15 is 0 Å². The summed E-state index contributed by atoms with van der Waals surface area (Å²) in [5, 5.41) is 3.97. The van der Waals surface area contributed by atoms with Gasteiger partial charge in [0.05, 0.1) is 29.4 Å². The van der Waals surface area contributed by atoms with Crippen LogP contribution in [0.5, 0.6) is 11.5 Å². The van der Waals surface area contributed by atoms with Crippen molar-refractivity contribution < 1.29 is 14.3 Å². The molecule has 0 aliphatic carbocycles. The van der Waals surface area contributed by atoms with Crippen LogP contribution in [0.2, 0.25) is 0 Å². The molecule has 0 aliphatic heterocycles. The Kier molecular flexibility index (Phi) is 5.19. The highest BCUT2D eigenvalue weighted by Crippen LogP contribution is 2.25. The van der Waals surface area contributed by atoms with Crippen molar-refractivity contribution >= 4 is 33.1 Å². The predicted octanol–water partition coefficient (Wildman–Crippen LogP) is 4.19. The number of thiazole rings is 1. The number of carbonyl (C=O) groups excluding carboxylic acids is 1. The zero-order chi connectivity index (χ0) is 17.8. The van der Waals surface area contributed by atoms with E-state index < -0.39 is 0 Å². The van der Waals surface area contributed by atoms with E-state index in [1.54, 1.807) is 25.6 Å². The molecule has 3 rings (SSSR count). The molecule has 6 heteroatoms. The van der Waals surface area contributed by atoms with Crippen molar-refractivity contribution in [2.75, 3.05) is 19.5 Å². The number of carbonyl (C=O) groups is 1. The van der Waals surface area contributed by atoms with Gasteiger partial charge in [-0.25, -0.2) is 4.98 Å². The molecule has 1 heterocycles. The van der Waals surface area contributed by atoms with Crippen LogP contribution in [-0.2, 0) is 11.2 Å². The van der Waals surface area contributed by atoms with Crippen molar-refractivity contribution in [1.29, 1.82) is 0 Å². The third-order valence-electron chi connectivity index (χ3n) is 3.83. The van der Waals surface area contributed by atoms with Gasteiger partial charge in [-0.2, -0.15) is 0 Å². The molecule has 130 valence electrons. The van der Waals surface area contributed by atoms with E-state index in [0.29, 0.717) is 12.8 Å². The number of aryl methyl sites for hydroxylation is 2. The largest absolute Gasteiger partial charge is 0.497 e. The third kappa shape index (κ3) is 4.28. The van der Waals surface area contributed by atoms with Crippen molar-refractivity contribution in [2.24, 2.45) is 0 Å². The Labute approximate surface area is 150 Å². The molecule has 0 saturated carbocycles. The molecule has 1 N–H and O–H groups in total. The van der Waals surface area contributed by atoms with Crippen LogP contribution in [0.15, 0.2) is 36.4 Å². The number of hydrogen-bond donors (Lipinski definition) is 1. The van der Waals surface area contributed by atoms with Crippen molar-refractivity contribution in [3.05, 3.63) is 47.0 Å². The highest BCUT2D eigenvalue weighted by atomic mass is 32.1. The van der Waals surface area contributed by atoms with Gasteiger partial charge in [0.15, 0.2) is 0 Å². The average molecular weight is 356 g/mol. The number of benzene rings is 2. The molecule has 3 aromatic rings. The Balaban J connectivity index is 1.64. The summed E-state index contributed by atoms with van der Waals surface area (Å²) in [6.07, 6.45) is 0.997. The number of hydrogen-bond acceptors (Lipinski definition) is 5. The smallest absolute Gasteiger partial charge is 0.224 e. The molecular weight excluding hydrogens is 336 g/mol. The maximum absolute atomic E-state index is 12.3. The van der Waals surface area contributed by atoms with Crippen molar-refractivity contribution in [3.8, 4) is 11.5 Å². The first-order valence-electron chi connectivity index (χ1n) is 7.96. The second-order valence-electron chi connectivity index (χ2n) is 5.68. The molecule has 0 fully saturated rings. The topological polar surface area (TPSA) is 60.5 Å². The number of amides is 1. The van der Waals surface area contributed by atoms with Crippen molar-refractivity contribution in [1.82, 2.24) is 4.98 Å². The molecule has 0 aliphatic rings. The molecule has 25 heavy (non-hydrogen) atoms. The summed E-state index contributed by atoms with van der Waals surface area (Å²) in [6.45, 7) is 1.98. The van der Waals surface area contributed by atoms with E-state index in [1.807, 2.05) is 43.3 Å². The van der Waals surface area contributed by atoms with Gasteiger partial charge < -0.3 is 14.8 Å². The van der Waals surface area contributed by atoms with E-state index in [9.17, 15) is 4.79 Å². The Morgan fingerprint density at radius 2 is 1.84 bits per heavy atom. The minimum absolute atomic E-state index is 0.0256. The number of methoxy groups -OCH3 is 2. The summed E-state index contributed by atoms with van der Waals surface area (Å²) < 4.78 is 11.6. The van der Waals surface area contributed by atoms with Gasteiger partial charge in [0.1, 0.15) is 11.5 Å². The maximum atomic E-state index is 12.3. The zero-order valence-electron chi connectivity index (χ0n) is 14.5. The minimum Gasteiger partial charge on any atom is -0.497 e. The van der Waals surface area contributed by atoms with Crippen molar-refractivity contribution in [3.63, 3.8) is 0 Å². The first-order valence-corrected chi connectivity index (χ1v) is 8.78.